The summed E-state index contributed by atoms with van der Waals surface area (Å²) in [6.07, 6.45) is 5.19. The molecule has 0 bridgehead atoms. The molecule has 5 heteroatoms. The Morgan fingerprint density at radius 2 is 2.10 bits per heavy atom. The Hall–Kier alpha value is -1.62. The minimum atomic E-state index is 0.0846. The molecule has 1 amide bonds. The number of aromatic nitrogens is 1. The van der Waals surface area contributed by atoms with Crippen LogP contribution in [0.15, 0.2) is 18.3 Å². The van der Waals surface area contributed by atoms with Gasteiger partial charge in [0.1, 0.15) is 5.82 Å². The van der Waals surface area contributed by atoms with E-state index in [0.717, 1.165) is 38.4 Å². The van der Waals surface area contributed by atoms with Crippen molar-refractivity contribution in [2.75, 3.05) is 37.6 Å². The first-order chi connectivity index (χ1) is 9.78. The fourth-order valence-corrected chi connectivity index (χ4v) is 3.04. The normalized spacial score (nSPS) is 22.6. The molecule has 0 spiro atoms. The van der Waals surface area contributed by atoms with Gasteiger partial charge in [0, 0.05) is 32.4 Å². The van der Waals surface area contributed by atoms with E-state index in [4.69, 9.17) is 5.73 Å². The van der Waals surface area contributed by atoms with Gasteiger partial charge in [0.15, 0.2) is 0 Å². The highest BCUT2D eigenvalue weighted by molar-refractivity contribution is 5.94. The third-order valence-electron chi connectivity index (χ3n) is 4.33. The molecular weight excluding hydrogens is 252 g/mol. The van der Waals surface area contributed by atoms with E-state index in [0.29, 0.717) is 18.0 Å². The Morgan fingerprint density at radius 1 is 1.30 bits per heavy atom. The molecule has 1 aromatic rings. The van der Waals surface area contributed by atoms with E-state index in [1.807, 2.05) is 17.0 Å². The predicted octanol–water partition coefficient (Wildman–Crippen LogP) is 1.10. The van der Waals surface area contributed by atoms with Crippen LogP contribution in [0.1, 0.15) is 29.6 Å². The molecule has 1 aromatic heterocycles. The molecule has 1 atom stereocenters. The number of nitrogens with two attached hydrogens (primary N) is 1. The van der Waals surface area contributed by atoms with Crippen molar-refractivity contribution in [2.45, 2.75) is 19.3 Å². The van der Waals surface area contributed by atoms with Gasteiger partial charge in [-0.1, -0.05) is 0 Å². The fourth-order valence-electron chi connectivity index (χ4n) is 3.04. The van der Waals surface area contributed by atoms with E-state index in [1.165, 1.54) is 12.8 Å². The molecule has 0 aromatic carbocycles. The van der Waals surface area contributed by atoms with Crippen molar-refractivity contribution >= 4 is 11.7 Å². The Morgan fingerprint density at radius 3 is 2.70 bits per heavy atom. The Bertz CT molecular complexity index is 467. The second-order valence-electron chi connectivity index (χ2n) is 5.74. The maximum absolute atomic E-state index is 12.4. The molecule has 3 heterocycles. The molecule has 20 heavy (non-hydrogen) atoms. The van der Waals surface area contributed by atoms with Gasteiger partial charge >= 0.3 is 0 Å². The monoisotopic (exact) mass is 274 g/mol. The molecule has 2 N–H and O–H groups in total. The number of hydrogen-bond acceptors (Lipinski definition) is 4. The maximum atomic E-state index is 12.4. The smallest absolute Gasteiger partial charge is 0.255 e. The molecular formula is C15H22N4O. The van der Waals surface area contributed by atoms with Gasteiger partial charge in [-0.25, -0.2) is 4.98 Å². The molecule has 3 rings (SSSR count). The highest BCUT2D eigenvalue weighted by atomic mass is 16.2. The van der Waals surface area contributed by atoms with Crippen LogP contribution in [0.25, 0.3) is 0 Å². The third-order valence-corrected chi connectivity index (χ3v) is 4.33. The van der Waals surface area contributed by atoms with Crippen LogP contribution in [-0.2, 0) is 0 Å². The standard InChI is InChI=1S/C15H22N4O/c16-9-12-5-8-19(11-12)15(20)13-3-4-14(17-10-13)18-6-1-2-7-18/h3-4,10,12H,1-2,5-9,11,16H2. The molecule has 2 aliphatic rings. The van der Waals surface area contributed by atoms with E-state index < -0.39 is 0 Å². The van der Waals surface area contributed by atoms with Gasteiger partial charge in [0.25, 0.3) is 5.91 Å². The van der Waals surface area contributed by atoms with E-state index in [1.54, 1.807) is 6.20 Å². The summed E-state index contributed by atoms with van der Waals surface area (Å²) < 4.78 is 0. The van der Waals surface area contributed by atoms with Crippen LogP contribution >= 0.6 is 0 Å². The van der Waals surface area contributed by atoms with Gasteiger partial charge in [-0.15, -0.1) is 0 Å². The van der Waals surface area contributed by atoms with E-state index in [9.17, 15) is 4.79 Å². The largest absolute Gasteiger partial charge is 0.357 e. The predicted molar refractivity (Wildman–Crippen MR) is 78.7 cm³/mol. The number of likely N-dealkylation sites (tertiary alicyclic amines) is 1. The molecule has 108 valence electrons. The van der Waals surface area contributed by atoms with E-state index in [-0.39, 0.29) is 5.91 Å². The first-order valence-corrected chi connectivity index (χ1v) is 7.48. The van der Waals surface area contributed by atoms with E-state index in [2.05, 4.69) is 9.88 Å². The zero-order valence-corrected chi connectivity index (χ0v) is 11.8. The van der Waals surface area contributed by atoms with Crippen molar-refractivity contribution in [2.24, 2.45) is 11.7 Å². The zero-order valence-electron chi connectivity index (χ0n) is 11.8. The number of amides is 1. The molecule has 2 fully saturated rings. The van der Waals surface area contributed by atoms with Gasteiger partial charge in [-0.05, 0) is 43.9 Å². The molecule has 1 unspecified atom stereocenters. The van der Waals surface area contributed by atoms with Crippen molar-refractivity contribution in [3.05, 3.63) is 23.9 Å². The average Bonchev–Trinajstić information content (AvgIpc) is 3.18. The summed E-state index contributed by atoms with van der Waals surface area (Å²) in [6, 6.07) is 3.87. The molecule has 2 aliphatic heterocycles. The van der Waals surface area contributed by atoms with Crippen LogP contribution in [0.5, 0.6) is 0 Å². The minimum Gasteiger partial charge on any atom is -0.357 e. The second kappa shape index (κ2) is 5.79. The van der Waals surface area contributed by atoms with Crippen LogP contribution in [0.2, 0.25) is 0 Å². The minimum absolute atomic E-state index is 0.0846. The summed E-state index contributed by atoms with van der Waals surface area (Å²) in [5.74, 6) is 1.53. The van der Waals surface area contributed by atoms with Crippen molar-refractivity contribution in [1.82, 2.24) is 9.88 Å². The van der Waals surface area contributed by atoms with Crippen LogP contribution in [0.3, 0.4) is 0 Å². The summed E-state index contributed by atoms with van der Waals surface area (Å²) in [7, 11) is 0. The average molecular weight is 274 g/mol. The maximum Gasteiger partial charge on any atom is 0.255 e. The molecule has 0 saturated carbocycles. The van der Waals surface area contributed by atoms with Crippen LogP contribution in [0, 0.1) is 5.92 Å². The van der Waals surface area contributed by atoms with Crippen LogP contribution < -0.4 is 10.6 Å². The fraction of sp³-hybridized carbons (Fsp3) is 0.600. The highest BCUT2D eigenvalue weighted by Crippen LogP contribution is 2.20. The molecule has 2 saturated heterocycles. The van der Waals surface area contributed by atoms with Gasteiger partial charge in [-0.3, -0.25) is 4.79 Å². The SMILES string of the molecule is NCC1CCN(C(=O)c2ccc(N3CCCC3)nc2)C1. The van der Waals surface area contributed by atoms with Crippen molar-refractivity contribution in [3.8, 4) is 0 Å². The highest BCUT2D eigenvalue weighted by Gasteiger charge is 2.26. The Kier molecular flexibility index (Phi) is 3.87. The number of pyridine rings is 1. The molecule has 0 radical (unpaired) electrons. The quantitative estimate of drug-likeness (QED) is 0.896. The van der Waals surface area contributed by atoms with Gasteiger partial charge in [-0.2, -0.15) is 0 Å². The first-order valence-electron chi connectivity index (χ1n) is 7.48. The Labute approximate surface area is 119 Å². The summed E-state index contributed by atoms with van der Waals surface area (Å²) in [5.41, 5.74) is 6.35. The lowest BCUT2D eigenvalue weighted by molar-refractivity contribution is 0.0787. The number of carbonyl (C=O) groups excluding carboxylic acids is 1. The molecule has 0 aliphatic carbocycles. The number of rotatable bonds is 3. The summed E-state index contributed by atoms with van der Waals surface area (Å²) in [6.45, 7) is 4.41. The van der Waals surface area contributed by atoms with Gasteiger partial charge in [0.05, 0.1) is 5.56 Å². The number of carbonyl (C=O) groups is 1. The van der Waals surface area contributed by atoms with Crippen LogP contribution in [-0.4, -0.2) is 48.5 Å². The summed E-state index contributed by atoms with van der Waals surface area (Å²) in [4.78, 5) is 21.0. The number of anilines is 1. The van der Waals surface area contributed by atoms with Crippen LogP contribution in [0.4, 0.5) is 5.82 Å². The van der Waals surface area contributed by atoms with Gasteiger partial charge in [0.2, 0.25) is 0 Å². The lowest BCUT2D eigenvalue weighted by atomic mass is 10.1. The second-order valence-corrected chi connectivity index (χ2v) is 5.74. The Balaban J connectivity index is 1.66. The van der Waals surface area contributed by atoms with Crippen molar-refractivity contribution < 1.29 is 4.79 Å². The first kappa shape index (κ1) is 13.4. The van der Waals surface area contributed by atoms with Gasteiger partial charge < -0.3 is 15.5 Å². The third kappa shape index (κ3) is 2.63. The van der Waals surface area contributed by atoms with E-state index >= 15 is 0 Å². The number of hydrogen-bond donors (Lipinski definition) is 1. The number of nitrogens with zero attached hydrogens (tertiary/aromatic N) is 3. The lowest BCUT2D eigenvalue weighted by Gasteiger charge is -2.18. The topological polar surface area (TPSA) is 62.5 Å². The zero-order chi connectivity index (χ0) is 13.9. The lowest BCUT2D eigenvalue weighted by Crippen LogP contribution is -2.30. The van der Waals surface area contributed by atoms with Crippen molar-refractivity contribution in [3.63, 3.8) is 0 Å². The summed E-state index contributed by atoms with van der Waals surface area (Å²) in [5, 5.41) is 0. The molecule has 5 nitrogen and oxygen atoms in total. The summed E-state index contributed by atoms with van der Waals surface area (Å²) >= 11 is 0. The van der Waals surface area contributed by atoms with Crippen molar-refractivity contribution in [1.29, 1.82) is 0 Å².